The average molecular weight is 401 g/mol. The SMILES string of the molecule is Cc1ccc(S(=O)(=O)N(C)C)cc1NC(=O)COC(=O)c1ccc(C#N)cc1. The van der Waals surface area contributed by atoms with Gasteiger partial charge in [0.2, 0.25) is 10.0 Å². The number of anilines is 1. The monoisotopic (exact) mass is 401 g/mol. The summed E-state index contributed by atoms with van der Waals surface area (Å²) in [6, 6.07) is 12.1. The second kappa shape index (κ2) is 8.65. The number of nitriles is 1. The lowest BCUT2D eigenvalue weighted by Crippen LogP contribution is -2.23. The first-order chi connectivity index (χ1) is 13.1. The van der Waals surface area contributed by atoms with E-state index in [4.69, 9.17) is 10.00 Å². The van der Waals surface area contributed by atoms with E-state index in [-0.39, 0.29) is 10.5 Å². The smallest absolute Gasteiger partial charge is 0.338 e. The van der Waals surface area contributed by atoms with Crippen LogP contribution in [0.5, 0.6) is 0 Å². The van der Waals surface area contributed by atoms with Crippen LogP contribution in [0.1, 0.15) is 21.5 Å². The lowest BCUT2D eigenvalue weighted by Gasteiger charge is -2.14. The number of benzene rings is 2. The Balaban J connectivity index is 2.04. The molecule has 0 saturated heterocycles. The van der Waals surface area contributed by atoms with Crippen molar-refractivity contribution < 1.29 is 22.7 Å². The van der Waals surface area contributed by atoms with E-state index in [1.165, 1.54) is 50.5 Å². The van der Waals surface area contributed by atoms with Crippen molar-refractivity contribution in [3.05, 3.63) is 59.2 Å². The predicted octanol–water partition coefficient (Wildman–Crippen LogP) is 1.91. The molecule has 0 heterocycles. The molecule has 0 unspecified atom stereocenters. The average Bonchev–Trinajstić information content (AvgIpc) is 2.67. The zero-order chi connectivity index (χ0) is 20.9. The summed E-state index contributed by atoms with van der Waals surface area (Å²) in [5, 5.41) is 11.3. The van der Waals surface area contributed by atoms with E-state index in [2.05, 4.69) is 5.32 Å². The Morgan fingerprint density at radius 3 is 2.36 bits per heavy atom. The largest absolute Gasteiger partial charge is 0.452 e. The number of hydrogen-bond acceptors (Lipinski definition) is 6. The van der Waals surface area contributed by atoms with Crippen LogP contribution in [0.2, 0.25) is 0 Å². The number of nitrogens with one attached hydrogen (secondary N) is 1. The Morgan fingerprint density at radius 2 is 1.79 bits per heavy atom. The molecule has 146 valence electrons. The van der Waals surface area contributed by atoms with E-state index in [1.807, 2.05) is 6.07 Å². The predicted molar refractivity (Wildman–Crippen MR) is 102 cm³/mol. The molecule has 0 aliphatic rings. The fraction of sp³-hybridized carbons (Fsp3) is 0.211. The number of ether oxygens (including phenoxy) is 1. The summed E-state index contributed by atoms with van der Waals surface area (Å²) >= 11 is 0. The summed E-state index contributed by atoms with van der Waals surface area (Å²) < 4.78 is 30.5. The van der Waals surface area contributed by atoms with Crippen molar-refractivity contribution in [3.63, 3.8) is 0 Å². The number of rotatable bonds is 6. The lowest BCUT2D eigenvalue weighted by molar-refractivity contribution is -0.119. The van der Waals surface area contributed by atoms with E-state index < -0.39 is 28.5 Å². The maximum Gasteiger partial charge on any atom is 0.338 e. The standard InChI is InChI=1S/C19H19N3O5S/c1-13-4-9-16(28(25,26)22(2)3)10-17(13)21-18(23)12-27-19(24)15-7-5-14(11-20)6-8-15/h4-10H,12H2,1-3H3,(H,21,23). The van der Waals surface area contributed by atoms with Gasteiger partial charge in [-0.05, 0) is 48.9 Å². The van der Waals surface area contributed by atoms with Gasteiger partial charge in [-0.2, -0.15) is 5.26 Å². The quantitative estimate of drug-likeness (QED) is 0.739. The van der Waals surface area contributed by atoms with Gasteiger partial charge in [-0.25, -0.2) is 17.5 Å². The van der Waals surface area contributed by atoms with Crippen LogP contribution in [0.4, 0.5) is 5.69 Å². The summed E-state index contributed by atoms with van der Waals surface area (Å²) in [5.41, 5.74) is 1.58. The molecule has 0 spiro atoms. The molecule has 0 aromatic heterocycles. The minimum absolute atomic E-state index is 0.0352. The Bertz CT molecular complexity index is 1040. The van der Waals surface area contributed by atoms with E-state index in [0.717, 1.165) is 4.31 Å². The van der Waals surface area contributed by atoms with Gasteiger partial charge in [-0.15, -0.1) is 0 Å². The van der Waals surface area contributed by atoms with Gasteiger partial charge >= 0.3 is 5.97 Å². The summed E-state index contributed by atoms with van der Waals surface area (Å²) in [4.78, 5) is 24.1. The zero-order valence-electron chi connectivity index (χ0n) is 15.6. The number of nitrogens with zero attached hydrogens (tertiary/aromatic N) is 2. The third-order valence-electron chi connectivity index (χ3n) is 3.85. The van der Waals surface area contributed by atoms with E-state index in [1.54, 1.807) is 13.0 Å². The highest BCUT2D eigenvalue weighted by atomic mass is 32.2. The second-order valence-corrected chi connectivity index (χ2v) is 8.23. The lowest BCUT2D eigenvalue weighted by atomic mass is 10.1. The number of sulfonamides is 1. The first-order valence-corrected chi connectivity index (χ1v) is 9.59. The fourth-order valence-corrected chi connectivity index (χ4v) is 3.12. The van der Waals surface area contributed by atoms with Crippen molar-refractivity contribution in [3.8, 4) is 6.07 Å². The molecule has 28 heavy (non-hydrogen) atoms. The first-order valence-electron chi connectivity index (χ1n) is 8.15. The van der Waals surface area contributed by atoms with Crippen LogP contribution < -0.4 is 5.32 Å². The molecule has 1 amide bonds. The number of hydrogen-bond donors (Lipinski definition) is 1. The molecule has 8 nitrogen and oxygen atoms in total. The molecule has 0 bridgehead atoms. The highest BCUT2D eigenvalue weighted by Crippen LogP contribution is 2.22. The van der Waals surface area contributed by atoms with Gasteiger partial charge in [-0.3, -0.25) is 4.79 Å². The molecule has 2 rings (SSSR count). The maximum atomic E-state index is 12.2. The van der Waals surface area contributed by atoms with Gasteiger partial charge in [0, 0.05) is 19.8 Å². The summed E-state index contributed by atoms with van der Waals surface area (Å²) in [7, 11) is -0.820. The molecule has 0 radical (unpaired) electrons. The van der Waals surface area contributed by atoms with E-state index in [9.17, 15) is 18.0 Å². The Kier molecular flexibility index (Phi) is 6.51. The third-order valence-corrected chi connectivity index (χ3v) is 5.66. The van der Waals surface area contributed by atoms with Gasteiger partial charge in [-0.1, -0.05) is 6.07 Å². The van der Waals surface area contributed by atoms with Crippen LogP contribution in [0, 0.1) is 18.3 Å². The zero-order valence-corrected chi connectivity index (χ0v) is 16.4. The molecule has 0 atom stereocenters. The van der Waals surface area contributed by atoms with Crippen molar-refractivity contribution in [2.45, 2.75) is 11.8 Å². The van der Waals surface area contributed by atoms with E-state index in [0.29, 0.717) is 16.8 Å². The van der Waals surface area contributed by atoms with Crippen LogP contribution in [-0.2, 0) is 19.6 Å². The topological polar surface area (TPSA) is 117 Å². The van der Waals surface area contributed by atoms with Crippen molar-refractivity contribution >= 4 is 27.6 Å². The number of aryl methyl sites for hydroxylation is 1. The van der Waals surface area contributed by atoms with Crippen LogP contribution in [0.15, 0.2) is 47.4 Å². The van der Waals surface area contributed by atoms with E-state index >= 15 is 0 Å². The van der Waals surface area contributed by atoms with Crippen LogP contribution in [0.25, 0.3) is 0 Å². The van der Waals surface area contributed by atoms with Gasteiger partial charge in [0.05, 0.1) is 22.1 Å². The minimum Gasteiger partial charge on any atom is -0.452 e. The number of carbonyl (C=O) groups is 2. The Hall–Kier alpha value is -3.22. The molecule has 0 saturated carbocycles. The molecular formula is C19H19N3O5S. The van der Waals surface area contributed by atoms with Gasteiger partial charge in [0.1, 0.15) is 0 Å². The Labute approximate surface area is 163 Å². The summed E-state index contributed by atoms with van der Waals surface area (Å²) in [5.74, 6) is -1.32. The van der Waals surface area contributed by atoms with Crippen LogP contribution >= 0.6 is 0 Å². The normalized spacial score (nSPS) is 11.0. The molecule has 0 aliphatic heterocycles. The molecule has 0 aliphatic carbocycles. The highest BCUT2D eigenvalue weighted by molar-refractivity contribution is 7.89. The van der Waals surface area contributed by atoms with Gasteiger partial charge in [0.15, 0.2) is 6.61 Å². The summed E-state index contributed by atoms with van der Waals surface area (Å²) in [6.07, 6.45) is 0. The molecule has 0 fully saturated rings. The highest BCUT2D eigenvalue weighted by Gasteiger charge is 2.19. The fourth-order valence-electron chi connectivity index (χ4n) is 2.19. The molecule has 9 heteroatoms. The van der Waals surface area contributed by atoms with Gasteiger partial charge < -0.3 is 10.1 Å². The molecule has 1 N–H and O–H groups in total. The minimum atomic E-state index is -3.65. The molecule has 2 aromatic carbocycles. The number of esters is 1. The summed E-state index contributed by atoms with van der Waals surface area (Å²) in [6.45, 7) is 1.17. The number of amides is 1. The molecular weight excluding hydrogens is 382 g/mol. The van der Waals surface area contributed by atoms with Crippen LogP contribution in [-0.4, -0.2) is 45.3 Å². The molecule has 2 aromatic rings. The van der Waals surface area contributed by atoms with Crippen molar-refractivity contribution in [2.24, 2.45) is 0 Å². The first kappa shape index (κ1) is 21.1. The van der Waals surface area contributed by atoms with Crippen molar-refractivity contribution in [1.29, 1.82) is 5.26 Å². The van der Waals surface area contributed by atoms with Crippen LogP contribution in [0.3, 0.4) is 0 Å². The van der Waals surface area contributed by atoms with Crippen molar-refractivity contribution in [2.75, 3.05) is 26.0 Å². The van der Waals surface area contributed by atoms with Gasteiger partial charge in [0.25, 0.3) is 5.91 Å². The maximum absolute atomic E-state index is 12.2. The Morgan fingerprint density at radius 1 is 1.14 bits per heavy atom. The second-order valence-electron chi connectivity index (χ2n) is 6.08. The number of carbonyl (C=O) groups excluding carboxylic acids is 2. The van der Waals surface area contributed by atoms with Crippen molar-refractivity contribution in [1.82, 2.24) is 4.31 Å². The third kappa shape index (κ3) is 4.94.